The lowest BCUT2D eigenvalue weighted by molar-refractivity contribution is -0.118. The van der Waals surface area contributed by atoms with Gasteiger partial charge >= 0.3 is 0 Å². The third kappa shape index (κ3) is 4.27. The number of hydrogen-bond acceptors (Lipinski definition) is 6. The van der Waals surface area contributed by atoms with Gasteiger partial charge in [0.15, 0.2) is 6.61 Å². The van der Waals surface area contributed by atoms with Crippen molar-refractivity contribution in [2.45, 2.75) is 20.8 Å². The van der Waals surface area contributed by atoms with Crippen molar-refractivity contribution in [3.8, 4) is 17.0 Å². The molecule has 166 valence electrons. The van der Waals surface area contributed by atoms with E-state index in [2.05, 4.69) is 37.4 Å². The van der Waals surface area contributed by atoms with Crippen molar-refractivity contribution in [1.82, 2.24) is 4.68 Å². The van der Waals surface area contributed by atoms with Gasteiger partial charge in [-0.15, -0.1) is 22.7 Å². The molecule has 0 aliphatic carbocycles. The van der Waals surface area contributed by atoms with Crippen LogP contribution in [0, 0.1) is 13.8 Å². The number of carbonyl (C=O) groups is 1. The number of amides is 1. The zero-order valence-corrected chi connectivity index (χ0v) is 20.1. The van der Waals surface area contributed by atoms with Crippen molar-refractivity contribution in [1.29, 1.82) is 0 Å². The van der Waals surface area contributed by atoms with Crippen LogP contribution in [0.2, 0.25) is 0 Å². The summed E-state index contributed by atoms with van der Waals surface area (Å²) in [5, 5.41) is 11.9. The first-order valence-corrected chi connectivity index (χ1v) is 12.2. The average molecular weight is 475 g/mol. The number of nitrogens with one attached hydrogen (secondary N) is 1. The van der Waals surface area contributed by atoms with Crippen LogP contribution in [0.5, 0.6) is 5.75 Å². The first-order valence-electron chi connectivity index (χ1n) is 10.5. The van der Waals surface area contributed by atoms with Crippen LogP contribution >= 0.6 is 22.7 Å². The highest BCUT2D eigenvalue weighted by Crippen LogP contribution is 2.33. The molecule has 1 aliphatic rings. The van der Waals surface area contributed by atoms with Crippen LogP contribution in [0.1, 0.15) is 22.9 Å². The Morgan fingerprint density at radius 2 is 1.91 bits per heavy atom. The summed E-state index contributed by atoms with van der Waals surface area (Å²) >= 11 is 3.19. The molecule has 0 atom stereocenters. The Bertz CT molecular complexity index is 1430. The second-order valence-corrected chi connectivity index (χ2v) is 9.56. The highest BCUT2D eigenvalue weighted by atomic mass is 32.1. The smallest absolute Gasteiger partial charge is 0.262 e. The number of aromatic nitrogens is 1. The number of carbonyl (C=O) groups excluding carboxylic acids is 1. The van der Waals surface area contributed by atoms with Crippen LogP contribution in [0.3, 0.4) is 0 Å². The molecule has 0 bridgehead atoms. The first-order chi connectivity index (χ1) is 16.0. The fraction of sp³-hybridized carbons (Fsp3) is 0.160. The van der Waals surface area contributed by atoms with Crippen LogP contribution in [0.4, 0.5) is 11.4 Å². The highest BCUT2D eigenvalue weighted by Gasteiger charge is 2.18. The van der Waals surface area contributed by atoms with Crippen molar-refractivity contribution in [3.63, 3.8) is 0 Å². The SMILES string of the molecule is CC(=Nn1c(-c2ccc3c(c2)NC(=O)CO3)csc1=Nc1c(C)cccc1C)c1cccs1. The number of aryl methyl sites for hydroxylation is 2. The maximum Gasteiger partial charge on any atom is 0.262 e. The number of fused-ring (bicyclic) bond motifs is 1. The number of benzene rings is 2. The van der Waals surface area contributed by atoms with Crippen LogP contribution < -0.4 is 14.9 Å². The molecule has 0 saturated carbocycles. The molecule has 0 fully saturated rings. The lowest BCUT2D eigenvalue weighted by Crippen LogP contribution is -2.25. The molecule has 0 radical (unpaired) electrons. The second kappa shape index (κ2) is 8.80. The molecule has 0 spiro atoms. The summed E-state index contributed by atoms with van der Waals surface area (Å²) in [5.41, 5.74) is 6.56. The minimum Gasteiger partial charge on any atom is -0.482 e. The van der Waals surface area contributed by atoms with Gasteiger partial charge in [-0.3, -0.25) is 4.79 Å². The van der Waals surface area contributed by atoms with Gasteiger partial charge in [-0.25, -0.2) is 9.67 Å². The van der Waals surface area contributed by atoms with Gasteiger partial charge in [-0.05, 0) is 61.5 Å². The summed E-state index contributed by atoms with van der Waals surface area (Å²) in [4.78, 5) is 18.7. The molecule has 0 saturated heterocycles. The van der Waals surface area contributed by atoms with E-state index >= 15 is 0 Å². The quantitative estimate of drug-likeness (QED) is 0.384. The van der Waals surface area contributed by atoms with Gasteiger partial charge in [0.05, 0.1) is 27.7 Å². The molecule has 6 nitrogen and oxygen atoms in total. The third-order valence-electron chi connectivity index (χ3n) is 5.37. The van der Waals surface area contributed by atoms with E-state index in [0.717, 1.165) is 43.5 Å². The van der Waals surface area contributed by atoms with Crippen molar-refractivity contribution in [2.75, 3.05) is 11.9 Å². The lowest BCUT2D eigenvalue weighted by atomic mass is 10.1. The van der Waals surface area contributed by atoms with Crippen molar-refractivity contribution in [3.05, 3.63) is 80.1 Å². The molecule has 1 amide bonds. The van der Waals surface area contributed by atoms with Crippen LogP contribution in [-0.2, 0) is 4.79 Å². The normalized spacial score (nSPS) is 14.1. The molecular formula is C25H22N4O2S2. The summed E-state index contributed by atoms with van der Waals surface area (Å²) < 4.78 is 7.41. The molecule has 0 unspecified atom stereocenters. The predicted molar refractivity (Wildman–Crippen MR) is 135 cm³/mol. The highest BCUT2D eigenvalue weighted by molar-refractivity contribution is 7.12. The van der Waals surface area contributed by atoms with Gasteiger partial charge in [0, 0.05) is 10.9 Å². The molecule has 1 N–H and O–H groups in total. The fourth-order valence-corrected chi connectivity index (χ4v) is 5.18. The number of thiophene rings is 1. The van der Waals surface area contributed by atoms with E-state index in [1.54, 1.807) is 11.3 Å². The van der Waals surface area contributed by atoms with E-state index in [-0.39, 0.29) is 12.5 Å². The summed E-state index contributed by atoms with van der Waals surface area (Å²) in [6.45, 7) is 6.17. The number of ether oxygens (including phenoxy) is 1. The van der Waals surface area contributed by atoms with Gasteiger partial charge in [0.1, 0.15) is 5.75 Å². The Hall–Kier alpha value is -3.49. The standard InChI is InChI=1S/C25H22N4O2S2/c1-15-6-4-7-16(2)24(15)27-25-29(28-17(3)22-8-5-11-32-22)20(14-33-25)18-9-10-21-19(12-18)26-23(30)13-31-21/h4-12,14H,13H2,1-3H3,(H,26,30). The average Bonchev–Trinajstić information content (AvgIpc) is 3.47. The van der Waals surface area contributed by atoms with Gasteiger partial charge in [-0.2, -0.15) is 5.10 Å². The Morgan fingerprint density at radius 3 is 2.67 bits per heavy atom. The van der Waals surface area contributed by atoms with E-state index in [4.69, 9.17) is 14.8 Å². The molecule has 2 aromatic heterocycles. The van der Waals surface area contributed by atoms with Crippen LogP contribution in [0.25, 0.3) is 11.3 Å². The maximum absolute atomic E-state index is 11.8. The van der Waals surface area contributed by atoms with Gasteiger partial charge in [0.25, 0.3) is 5.91 Å². The predicted octanol–water partition coefficient (Wildman–Crippen LogP) is 5.73. The van der Waals surface area contributed by atoms with E-state index in [0.29, 0.717) is 11.4 Å². The molecular weight excluding hydrogens is 452 g/mol. The topological polar surface area (TPSA) is 68.0 Å². The van der Waals surface area contributed by atoms with Crippen LogP contribution in [0.15, 0.2) is 69.4 Å². The molecule has 33 heavy (non-hydrogen) atoms. The Labute approximate surface area is 199 Å². The summed E-state index contributed by atoms with van der Waals surface area (Å²) in [7, 11) is 0. The molecule has 1 aliphatic heterocycles. The minimum absolute atomic E-state index is 0.0356. The molecule has 2 aromatic carbocycles. The van der Waals surface area contributed by atoms with Gasteiger partial charge in [0.2, 0.25) is 4.80 Å². The first kappa shape index (κ1) is 21.4. The van der Waals surface area contributed by atoms with E-state index in [9.17, 15) is 4.79 Å². The lowest BCUT2D eigenvalue weighted by Gasteiger charge is -2.18. The zero-order chi connectivity index (χ0) is 22.9. The molecule has 8 heteroatoms. The number of anilines is 1. The second-order valence-electron chi connectivity index (χ2n) is 7.78. The largest absolute Gasteiger partial charge is 0.482 e. The summed E-state index contributed by atoms with van der Waals surface area (Å²) in [6, 6.07) is 16.0. The zero-order valence-electron chi connectivity index (χ0n) is 18.5. The van der Waals surface area contributed by atoms with E-state index in [1.807, 2.05) is 52.7 Å². The Morgan fingerprint density at radius 1 is 1.09 bits per heavy atom. The fourth-order valence-electron chi connectivity index (χ4n) is 3.68. The van der Waals surface area contributed by atoms with Crippen molar-refractivity contribution >= 4 is 45.7 Å². The van der Waals surface area contributed by atoms with E-state index < -0.39 is 0 Å². The molecule has 3 heterocycles. The number of hydrogen-bond donors (Lipinski definition) is 1. The number of para-hydroxylation sites is 1. The number of thiazole rings is 1. The van der Waals surface area contributed by atoms with Crippen molar-refractivity contribution in [2.24, 2.45) is 10.1 Å². The van der Waals surface area contributed by atoms with E-state index in [1.165, 1.54) is 11.3 Å². The monoisotopic (exact) mass is 474 g/mol. The maximum atomic E-state index is 11.8. The summed E-state index contributed by atoms with van der Waals surface area (Å²) in [6.07, 6.45) is 0. The Kier molecular flexibility index (Phi) is 5.70. The third-order valence-corrected chi connectivity index (χ3v) is 7.16. The minimum atomic E-state index is -0.157. The van der Waals surface area contributed by atoms with Gasteiger partial charge in [-0.1, -0.05) is 24.3 Å². The summed E-state index contributed by atoms with van der Waals surface area (Å²) in [5.74, 6) is 0.508. The van der Waals surface area contributed by atoms with Gasteiger partial charge < -0.3 is 10.1 Å². The Balaban J connectivity index is 1.70. The number of nitrogens with zero attached hydrogens (tertiary/aromatic N) is 3. The number of rotatable bonds is 4. The molecule has 5 rings (SSSR count). The molecule has 4 aromatic rings. The van der Waals surface area contributed by atoms with Crippen molar-refractivity contribution < 1.29 is 9.53 Å². The van der Waals surface area contributed by atoms with Crippen LogP contribution in [-0.4, -0.2) is 22.9 Å².